The molecule has 0 saturated heterocycles. The molecule has 0 unspecified atom stereocenters. The Hall–Kier alpha value is -1.21. The van der Waals surface area contributed by atoms with Crippen LogP contribution in [0.15, 0.2) is 22.2 Å². The van der Waals surface area contributed by atoms with Gasteiger partial charge in [-0.25, -0.2) is 9.97 Å². The van der Waals surface area contributed by atoms with E-state index in [-0.39, 0.29) is 6.04 Å². The summed E-state index contributed by atoms with van der Waals surface area (Å²) in [5.41, 5.74) is 0. The molecule has 0 spiro atoms. The standard InChI is InChI=1S/C12H14BrN5S/c1-14-10-8(13)6-16-12(18-10)17-9(7-2-3-7)11-15-4-5-19-11/h4-7,9H,2-3H2,1H3,(H2,14,16,17,18)/t9-/m1/s1. The highest BCUT2D eigenvalue weighted by molar-refractivity contribution is 9.10. The summed E-state index contributed by atoms with van der Waals surface area (Å²) in [4.78, 5) is 13.2. The first-order chi connectivity index (χ1) is 9.28. The highest BCUT2D eigenvalue weighted by Gasteiger charge is 2.34. The summed E-state index contributed by atoms with van der Waals surface area (Å²) in [6.45, 7) is 0. The molecule has 1 saturated carbocycles. The minimum atomic E-state index is 0.228. The van der Waals surface area contributed by atoms with Gasteiger partial charge in [0, 0.05) is 24.8 Å². The zero-order valence-corrected chi connectivity index (χ0v) is 12.8. The summed E-state index contributed by atoms with van der Waals surface area (Å²) < 4.78 is 0.859. The second-order valence-electron chi connectivity index (χ2n) is 4.47. The van der Waals surface area contributed by atoms with Gasteiger partial charge in [0.1, 0.15) is 10.8 Å². The van der Waals surface area contributed by atoms with Crippen molar-refractivity contribution in [3.63, 3.8) is 0 Å². The first-order valence-corrected chi connectivity index (χ1v) is 7.81. The van der Waals surface area contributed by atoms with Gasteiger partial charge >= 0.3 is 0 Å². The van der Waals surface area contributed by atoms with E-state index in [1.807, 2.05) is 18.6 Å². The Labute approximate surface area is 124 Å². The molecular formula is C12H14BrN5S. The van der Waals surface area contributed by atoms with Gasteiger partial charge < -0.3 is 10.6 Å². The Bertz CT molecular complexity index is 555. The third-order valence-electron chi connectivity index (χ3n) is 3.08. The van der Waals surface area contributed by atoms with E-state index in [0.29, 0.717) is 11.9 Å². The Morgan fingerprint density at radius 2 is 2.26 bits per heavy atom. The van der Waals surface area contributed by atoms with Gasteiger partial charge in [-0.15, -0.1) is 11.3 Å². The number of aromatic nitrogens is 3. The fourth-order valence-electron chi connectivity index (χ4n) is 1.95. The molecule has 7 heteroatoms. The van der Waals surface area contributed by atoms with E-state index in [1.165, 1.54) is 12.8 Å². The van der Waals surface area contributed by atoms with Gasteiger partial charge in [0.2, 0.25) is 5.95 Å². The van der Waals surface area contributed by atoms with E-state index in [1.54, 1.807) is 17.5 Å². The lowest BCUT2D eigenvalue weighted by Gasteiger charge is -2.16. The van der Waals surface area contributed by atoms with Crippen LogP contribution in [0.2, 0.25) is 0 Å². The molecule has 5 nitrogen and oxygen atoms in total. The molecule has 1 fully saturated rings. The fourth-order valence-corrected chi connectivity index (χ4v) is 3.12. The van der Waals surface area contributed by atoms with Crippen molar-refractivity contribution in [2.45, 2.75) is 18.9 Å². The summed E-state index contributed by atoms with van der Waals surface area (Å²) in [5.74, 6) is 2.07. The minimum Gasteiger partial charge on any atom is -0.372 e. The number of thiazole rings is 1. The Morgan fingerprint density at radius 3 is 2.89 bits per heavy atom. The number of hydrogen-bond acceptors (Lipinski definition) is 6. The summed E-state index contributed by atoms with van der Waals surface area (Å²) >= 11 is 5.09. The normalized spacial score (nSPS) is 16.1. The molecule has 0 aliphatic heterocycles. The van der Waals surface area contributed by atoms with Gasteiger partial charge in [-0.05, 0) is 34.7 Å². The van der Waals surface area contributed by atoms with E-state index < -0.39 is 0 Å². The molecule has 0 radical (unpaired) electrons. The summed E-state index contributed by atoms with van der Waals surface area (Å²) in [5, 5.41) is 9.57. The van der Waals surface area contributed by atoms with Crippen LogP contribution < -0.4 is 10.6 Å². The van der Waals surface area contributed by atoms with Crippen LogP contribution in [-0.4, -0.2) is 22.0 Å². The third kappa shape index (κ3) is 2.87. The molecule has 2 N–H and O–H groups in total. The van der Waals surface area contributed by atoms with Gasteiger partial charge in [-0.1, -0.05) is 0 Å². The Balaban J connectivity index is 1.82. The molecule has 0 aromatic carbocycles. The highest BCUT2D eigenvalue weighted by atomic mass is 79.9. The van der Waals surface area contributed by atoms with E-state index in [4.69, 9.17) is 0 Å². The number of hydrogen-bond donors (Lipinski definition) is 2. The summed E-state index contributed by atoms with van der Waals surface area (Å²) in [6.07, 6.45) is 6.09. The van der Waals surface area contributed by atoms with Crippen molar-refractivity contribution < 1.29 is 0 Å². The van der Waals surface area contributed by atoms with Crippen LogP contribution in [0.25, 0.3) is 0 Å². The second-order valence-corrected chi connectivity index (χ2v) is 6.25. The van der Waals surface area contributed by atoms with Gasteiger partial charge in [0.15, 0.2) is 0 Å². The van der Waals surface area contributed by atoms with Gasteiger partial charge in [-0.2, -0.15) is 4.98 Å². The van der Waals surface area contributed by atoms with Gasteiger partial charge in [0.05, 0.1) is 10.5 Å². The van der Waals surface area contributed by atoms with Gasteiger partial charge in [0.25, 0.3) is 0 Å². The number of rotatable bonds is 5. The average molecular weight is 340 g/mol. The lowest BCUT2D eigenvalue weighted by atomic mass is 10.2. The molecule has 100 valence electrons. The smallest absolute Gasteiger partial charge is 0.225 e. The molecule has 2 heterocycles. The molecule has 1 aliphatic carbocycles. The molecule has 2 aromatic heterocycles. The first-order valence-electron chi connectivity index (χ1n) is 6.14. The van der Waals surface area contributed by atoms with Crippen molar-refractivity contribution in [2.75, 3.05) is 17.7 Å². The van der Waals surface area contributed by atoms with Crippen LogP contribution in [0.3, 0.4) is 0 Å². The van der Waals surface area contributed by atoms with Crippen molar-refractivity contribution >= 4 is 39.0 Å². The van der Waals surface area contributed by atoms with Crippen LogP contribution in [0.1, 0.15) is 23.9 Å². The molecule has 2 aromatic rings. The van der Waals surface area contributed by atoms with E-state index >= 15 is 0 Å². The van der Waals surface area contributed by atoms with Crippen molar-refractivity contribution in [2.24, 2.45) is 5.92 Å². The van der Waals surface area contributed by atoms with Crippen molar-refractivity contribution in [3.8, 4) is 0 Å². The lowest BCUT2D eigenvalue weighted by Crippen LogP contribution is -2.15. The second kappa shape index (κ2) is 5.42. The van der Waals surface area contributed by atoms with Crippen LogP contribution in [-0.2, 0) is 0 Å². The average Bonchev–Trinajstić information content (AvgIpc) is 3.12. The van der Waals surface area contributed by atoms with E-state index in [2.05, 4.69) is 41.5 Å². The summed E-state index contributed by atoms with van der Waals surface area (Å²) in [6, 6.07) is 0.228. The van der Waals surface area contributed by atoms with Crippen LogP contribution >= 0.6 is 27.3 Å². The maximum Gasteiger partial charge on any atom is 0.225 e. The molecule has 1 atom stereocenters. The molecule has 0 amide bonds. The Morgan fingerprint density at radius 1 is 1.42 bits per heavy atom. The Kier molecular flexibility index (Phi) is 3.65. The zero-order valence-electron chi connectivity index (χ0n) is 10.4. The molecule has 3 rings (SSSR count). The van der Waals surface area contributed by atoms with Gasteiger partial charge in [-0.3, -0.25) is 0 Å². The zero-order chi connectivity index (χ0) is 13.2. The lowest BCUT2D eigenvalue weighted by molar-refractivity contribution is 0.666. The summed E-state index contributed by atoms with van der Waals surface area (Å²) in [7, 11) is 1.84. The molecule has 19 heavy (non-hydrogen) atoms. The number of nitrogens with zero attached hydrogens (tertiary/aromatic N) is 3. The molecule has 1 aliphatic rings. The minimum absolute atomic E-state index is 0.228. The van der Waals surface area contributed by atoms with E-state index in [0.717, 1.165) is 15.3 Å². The first kappa shape index (κ1) is 12.8. The van der Waals surface area contributed by atoms with Crippen LogP contribution in [0.4, 0.5) is 11.8 Å². The third-order valence-corrected chi connectivity index (χ3v) is 4.52. The van der Waals surface area contributed by atoms with Crippen LogP contribution in [0.5, 0.6) is 0 Å². The molecule has 0 bridgehead atoms. The highest BCUT2D eigenvalue weighted by Crippen LogP contribution is 2.43. The SMILES string of the molecule is CNc1nc(N[C@@H](c2nccs2)C2CC2)ncc1Br. The monoisotopic (exact) mass is 339 g/mol. The predicted octanol–water partition coefficient (Wildman–Crippen LogP) is 3.30. The van der Waals surface area contributed by atoms with Crippen LogP contribution in [0, 0.1) is 5.92 Å². The predicted molar refractivity (Wildman–Crippen MR) is 80.5 cm³/mol. The quantitative estimate of drug-likeness (QED) is 0.874. The van der Waals surface area contributed by atoms with Crippen molar-refractivity contribution in [1.82, 2.24) is 15.0 Å². The number of halogens is 1. The topological polar surface area (TPSA) is 62.7 Å². The maximum atomic E-state index is 4.45. The van der Waals surface area contributed by atoms with Crippen molar-refractivity contribution in [3.05, 3.63) is 27.3 Å². The molecular weight excluding hydrogens is 326 g/mol. The van der Waals surface area contributed by atoms with E-state index in [9.17, 15) is 0 Å². The fraction of sp³-hybridized carbons (Fsp3) is 0.417. The number of nitrogens with one attached hydrogen (secondary N) is 2. The van der Waals surface area contributed by atoms with Crippen molar-refractivity contribution in [1.29, 1.82) is 0 Å². The number of anilines is 2. The maximum absolute atomic E-state index is 4.45. The largest absolute Gasteiger partial charge is 0.372 e.